The van der Waals surface area contributed by atoms with Crippen LogP contribution in [-0.4, -0.2) is 0 Å². The van der Waals surface area contributed by atoms with Crippen LogP contribution in [0.1, 0.15) is 11.1 Å². The van der Waals surface area contributed by atoms with Gasteiger partial charge >= 0.3 is 0 Å². The molecule has 0 aliphatic carbocycles. The van der Waals surface area contributed by atoms with Gasteiger partial charge in [0.2, 0.25) is 0 Å². The topological polar surface area (TPSA) is 3.24 Å². The van der Waals surface area contributed by atoms with Crippen molar-refractivity contribution < 1.29 is 0 Å². The average molecular weight is 550 g/mol. The van der Waals surface area contributed by atoms with Crippen molar-refractivity contribution >= 4 is 27.8 Å². The third-order valence-electron chi connectivity index (χ3n) is 8.72. The van der Waals surface area contributed by atoms with E-state index in [1.165, 1.54) is 72.3 Å². The summed E-state index contributed by atoms with van der Waals surface area (Å²) in [6.07, 6.45) is 2.01. The molecule has 0 amide bonds. The number of fused-ring (bicyclic) bond motifs is 3. The Kier molecular flexibility index (Phi) is 6.35. The van der Waals surface area contributed by atoms with Crippen molar-refractivity contribution in [3.63, 3.8) is 0 Å². The van der Waals surface area contributed by atoms with Crippen LogP contribution in [0.5, 0.6) is 0 Å². The average Bonchev–Trinajstić information content (AvgIpc) is 3.25. The summed E-state index contributed by atoms with van der Waals surface area (Å²) in [4.78, 5) is 2.48. The molecule has 1 aliphatic heterocycles. The monoisotopic (exact) mass is 549 g/mol. The lowest BCUT2D eigenvalue weighted by Crippen LogP contribution is -2.12. The molecule has 0 aromatic heterocycles. The molecule has 7 aromatic carbocycles. The molecule has 0 fully saturated rings. The van der Waals surface area contributed by atoms with E-state index in [9.17, 15) is 0 Å². The van der Waals surface area contributed by atoms with Crippen molar-refractivity contribution in [1.82, 2.24) is 0 Å². The second-order valence-electron chi connectivity index (χ2n) is 11.3. The molecule has 1 nitrogen and oxygen atoms in total. The van der Waals surface area contributed by atoms with Gasteiger partial charge in [0, 0.05) is 17.1 Å². The van der Waals surface area contributed by atoms with Crippen molar-refractivity contribution in [3.05, 3.63) is 175 Å². The maximum absolute atomic E-state index is 2.48. The fraction of sp³-hybridized carbons (Fsp3) is 0.0476. The third kappa shape index (κ3) is 4.70. The number of nitrogens with zero attached hydrogens (tertiary/aromatic N) is 1. The van der Waals surface area contributed by atoms with Gasteiger partial charge < -0.3 is 4.90 Å². The van der Waals surface area contributed by atoms with E-state index in [4.69, 9.17) is 0 Å². The van der Waals surface area contributed by atoms with Gasteiger partial charge in [0.1, 0.15) is 0 Å². The van der Waals surface area contributed by atoms with Crippen LogP contribution >= 0.6 is 0 Å². The highest BCUT2D eigenvalue weighted by Gasteiger charge is 2.24. The van der Waals surface area contributed by atoms with Crippen molar-refractivity contribution in [1.29, 1.82) is 0 Å². The van der Waals surface area contributed by atoms with Crippen LogP contribution < -0.4 is 4.90 Å². The minimum Gasteiger partial charge on any atom is -0.310 e. The van der Waals surface area contributed by atoms with Crippen LogP contribution in [0.25, 0.3) is 44.2 Å². The zero-order valence-corrected chi connectivity index (χ0v) is 23.9. The highest BCUT2D eigenvalue weighted by molar-refractivity contribution is 5.97. The number of anilines is 3. The van der Waals surface area contributed by atoms with Crippen LogP contribution in [0.15, 0.2) is 164 Å². The van der Waals surface area contributed by atoms with Gasteiger partial charge in [0.25, 0.3) is 0 Å². The summed E-state index contributed by atoms with van der Waals surface area (Å²) in [5, 5.41) is 2.51. The zero-order valence-electron chi connectivity index (χ0n) is 23.9. The lowest BCUT2D eigenvalue weighted by molar-refractivity contribution is 0.978. The normalized spacial score (nSPS) is 12.4. The second kappa shape index (κ2) is 10.8. The molecule has 0 saturated heterocycles. The van der Waals surface area contributed by atoms with Gasteiger partial charge in [-0.1, -0.05) is 127 Å². The van der Waals surface area contributed by atoms with Gasteiger partial charge in [-0.25, -0.2) is 0 Å². The van der Waals surface area contributed by atoms with E-state index >= 15 is 0 Å². The van der Waals surface area contributed by atoms with Crippen molar-refractivity contribution in [2.75, 3.05) is 4.90 Å². The Morgan fingerprint density at radius 1 is 0.349 bits per heavy atom. The molecule has 7 aromatic rings. The summed E-state index contributed by atoms with van der Waals surface area (Å²) in [7, 11) is 0. The highest BCUT2D eigenvalue weighted by Crippen LogP contribution is 2.45. The predicted octanol–water partition coefficient (Wildman–Crippen LogP) is 11.4. The Morgan fingerprint density at radius 2 is 0.814 bits per heavy atom. The summed E-state index contributed by atoms with van der Waals surface area (Å²) >= 11 is 0. The highest BCUT2D eigenvalue weighted by atomic mass is 15.1. The first kappa shape index (κ1) is 25.3. The first-order chi connectivity index (χ1) is 21.3. The van der Waals surface area contributed by atoms with Crippen LogP contribution in [0.2, 0.25) is 0 Å². The Hall–Kier alpha value is -5.40. The number of benzene rings is 7. The summed E-state index contributed by atoms with van der Waals surface area (Å²) in [5.74, 6) is 0. The Labute approximate surface area is 253 Å². The summed E-state index contributed by atoms with van der Waals surface area (Å²) in [5.41, 5.74) is 13.9. The maximum Gasteiger partial charge on any atom is 0.0500 e. The molecule has 204 valence electrons. The molecule has 1 aliphatic rings. The van der Waals surface area contributed by atoms with Gasteiger partial charge in [-0.05, 0) is 105 Å². The minimum atomic E-state index is 1.000. The van der Waals surface area contributed by atoms with Crippen molar-refractivity contribution in [2.45, 2.75) is 12.8 Å². The quantitative estimate of drug-likeness (QED) is 0.211. The second-order valence-corrected chi connectivity index (χ2v) is 11.3. The Balaban J connectivity index is 1.35. The number of hydrogen-bond donors (Lipinski definition) is 0. The molecule has 8 rings (SSSR count). The summed E-state index contributed by atoms with van der Waals surface area (Å²) in [6, 6.07) is 59.8. The summed E-state index contributed by atoms with van der Waals surface area (Å²) < 4.78 is 0. The number of rotatable bonds is 4. The van der Waals surface area contributed by atoms with E-state index in [1.54, 1.807) is 0 Å². The first-order valence-electron chi connectivity index (χ1n) is 15.1. The van der Waals surface area contributed by atoms with Gasteiger partial charge in [-0.15, -0.1) is 0 Å². The molecule has 0 unspecified atom stereocenters. The van der Waals surface area contributed by atoms with E-state index in [0.29, 0.717) is 0 Å². The molecule has 0 radical (unpaired) electrons. The van der Waals surface area contributed by atoms with E-state index < -0.39 is 0 Å². The zero-order chi connectivity index (χ0) is 28.6. The number of aryl methyl sites for hydroxylation is 2. The molecular weight excluding hydrogens is 518 g/mol. The lowest BCUT2D eigenvalue weighted by Gasteiger charge is -2.28. The third-order valence-corrected chi connectivity index (χ3v) is 8.72. The largest absolute Gasteiger partial charge is 0.310 e. The van der Waals surface area contributed by atoms with Gasteiger partial charge in [0.05, 0.1) is 0 Å². The van der Waals surface area contributed by atoms with Gasteiger partial charge in [-0.3, -0.25) is 0 Å². The Morgan fingerprint density at radius 3 is 1.42 bits per heavy atom. The molecule has 1 heterocycles. The molecule has 0 spiro atoms. The number of hydrogen-bond acceptors (Lipinski definition) is 1. The standard InChI is InChI=1S/C42H31N/c1-4-12-30(13-5-1)36-24-22-32-20-21-33-23-25-37(29-42(33)43(41(32)28-36)38-18-8-3-9-19-38)40-27-35-17-11-10-16-34(35)26-39(40)31-14-6-2-7-15-31/h1-19,22-29H,20-21H2. The minimum absolute atomic E-state index is 1.000. The van der Waals surface area contributed by atoms with Gasteiger partial charge in [0.15, 0.2) is 0 Å². The number of para-hydroxylation sites is 1. The molecule has 1 heteroatoms. The van der Waals surface area contributed by atoms with E-state index in [-0.39, 0.29) is 0 Å². The predicted molar refractivity (Wildman–Crippen MR) is 182 cm³/mol. The SMILES string of the molecule is c1ccc(-c2ccc3c(c2)N(c2ccccc2)c2cc(-c4cc5ccccc5cc4-c4ccccc4)ccc2CC3)cc1. The smallest absolute Gasteiger partial charge is 0.0500 e. The maximum atomic E-state index is 2.48. The Bertz CT molecular complexity index is 2060. The molecule has 0 atom stereocenters. The molecule has 0 bridgehead atoms. The summed E-state index contributed by atoms with van der Waals surface area (Å²) in [6.45, 7) is 0. The fourth-order valence-corrected chi connectivity index (χ4v) is 6.53. The van der Waals surface area contributed by atoms with Gasteiger partial charge in [-0.2, -0.15) is 0 Å². The van der Waals surface area contributed by atoms with E-state index in [1.807, 2.05) is 0 Å². The molecular formula is C42H31N. The molecule has 0 N–H and O–H groups in total. The van der Waals surface area contributed by atoms with Crippen LogP contribution in [0.4, 0.5) is 17.1 Å². The van der Waals surface area contributed by atoms with E-state index in [0.717, 1.165) is 12.8 Å². The van der Waals surface area contributed by atoms with Crippen LogP contribution in [0.3, 0.4) is 0 Å². The van der Waals surface area contributed by atoms with Crippen LogP contribution in [0, 0.1) is 0 Å². The first-order valence-corrected chi connectivity index (χ1v) is 15.1. The lowest BCUT2D eigenvalue weighted by atomic mass is 9.90. The van der Waals surface area contributed by atoms with Crippen LogP contribution in [-0.2, 0) is 12.8 Å². The van der Waals surface area contributed by atoms with E-state index in [2.05, 4.69) is 169 Å². The van der Waals surface area contributed by atoms with Crippen molar-refractivity contribution in [2.24, 2.45) is 0 Å². The molecule has 43 heavy (non-hydrogen) atoms. The van der Waals surface area contributed by atoms with Crippen molar-refractivity contribution in [3.8, 4) is 33.4 Å². The fourth-order valence-electron chi connectivity index (χ4n) is 6.53. The molecule has 0 saturated carbocycles.